The molecule has 0 saturated heterocycles. The highest BCUT2D eigenvalue weighted by Crippen LogP contribution is 2.22. The number of likely N-dealkylation sites (N-methyl/N-ethyl adjacent to an activating group) is 1. The predicted octanol–water partition coefficient (Wildman–Crippen LogP) is 1.88. The normalized spacial score (nSPS) is 11.8. The fourth-order valence-corrected chi connectivity index (χ4v) is 1.49. The lowest BCUT2D eigenvalue weighted by molar-refractivity contribution is -0.135. The molecule has 0 N–H and O–H groups in total. The molecule has 0 spiro atoms. The first kappa shape index (κ1) is 14.2. The number of hydrogen-bond acceptors (Lipinski definition) is 3. The van der Waals surface area contributed by atoms with E-state index in [2.05, 4.69) is 0 Å². The number of amides is 1. The first-order valence-corrected chi connectivity index (χ1v) is 5.51. The van der Waals surface area contributed by atoms with Crippen LogP contribution in [0.5, 0.6) is 5.75 Å². The fourth-order valence-electron chi connectivity index (χ4n) is 1.49. The van der Waals surface area contributed by atoms with E-state index < -0.39 is 11.9 Å². The van der Waals surface area contributed by atoms with Crippen molar-refractivity contribution < 1.29 is 18.7 Å². The molecule has 5 heteroatoms. The van der Waals surface area contributed by atoms with Crippen LogP contribution in [0.15, 0.2) is 18.2 Å². The fraction of sp³-hybridized carbons (Fsp3) is 0.385. The van der Waals surface area contributed by atoms with E-state index in [0.29, 0.717) is 0 Å². The zero-order valence-electron chi connectivity index (χ0n) is 10.9. The number of Topliss-reactive ketones (excluding diaryl/α,β-unsaturated/α-hetero) is 1. The molecule has 0 heterocycles. The van der Waals surface area contributed by atoms with Crippen molar-refractivity contribution in [2.24, 2.45) is 0 Å². The predicted molar refractivity (Wildman–Crippen MR) is 65.2 cm³/mol. The average Bonchev–Trinajstić information content (AvgIpc) is 2.27. The maximum atomic E-state index is 13.1. The molecule has 0 fully saturated rings. The van der Waals surface area contributed by atoms with Crippen LogP contribution in [0.4, 0.5) is 4.39 Å². The Morgan fingerprint density at radius 1 is 1.33 bits per heavy atom. The van der Waals surface area contributed by atoms with E-state index in [1.54, 1.807) is 21.0 Å². The zero-order chi connectivity index (χ0) is 13.9. The average molecular weight is 253 g/mol. The Morgan fingerprint density at radius 2 is 1.94 bits per heavy atom. The Kier molecular flexibility index (Phi) is 4.42. The van der Waals surface area contributed by atoms with Gasteiger partial charge in [0, 0.05) is 20.2 Å². The largest absolute Gasteiger partial charge is 0.480 e. The molecule has 4 nitrogen and oxygen atoms in total. The summed E-state index contributed by atoms with van der Waals surface area (Å²) in [6.07, 6.45) is -0.778. The number of nitrogens with zero attached hydrogens (tertiary/aromatic N) is 1. The maximum absolute atomic E-state index is 13.1. The summed E-state index contributed by atoms with van der Waals surface area (Å²) in [7, 11) is 3.19. The summed E-state index contributed by atoms with van der Waals surface area (Å²) in [5.74, 6) is -0.923. The number of ketones is 1. The highest BCUT2D eigenvalue weighted by molar-refractivity contribution is 5.97. The van der Waals surface area contributed by atoms with Crippen LogP contribution in [0.1, 0.15) is 24.2 Å². The summed E-state index contributed by atoms with van der Waals surface area (Å²) >= 11 is 0. The third-order valence-corrected chi connectivity index (χ3v) is 2.42. The molecule has 0 aliphatic carbocycles. The second-order valence-electron chi connectivity index (χ2n) is 4.19. The Morgan fingerprint density at radius 3 is 2.44 bits per heavy atom. The van der Waals surface area contributed by atoms with Gasteiger partial charge in [-0.1, -0.05) is 0 Å². The topological polar surface area (TPSA) is 46.6 Å². The van der Waals surface area contributed by atoms with Gasteiger partial charge < -0.3 is 9.64 Å². The zero-order valence-corrected chi connectivity index (χ0v) is 10.9. The van der Waals surface area contributed by atoms with E-state index in [1.165, 1.54) is 24.0 Å². The van der Waals surface area contributed by atoms with Crippen LogP contribution in [0.2, 0.25) is 0 Å². The molecule has 0 bridgehead atoms. The smallest absolute Gasteiger partial charge is 0.262 e. The van der Waals surface area contributed by atoms with Crippen LogP contribution in [0.25, 0.3) is 0 Å². The molecule has 1 atom stereocenters. The van der Waals surface area contributed by atoms with Crippen molar-refractivity contribution in [1.29, 1.82) is 0 Å². The van der Waals surface area contributed by atoms with Crippen molar-refractivity contribution in [2.45, 2.75) is 20.0 Å². The van der Waals surface area contributed by atoms with Crippen molar-refractivity contribution in [3.63, 3.8) is 0 Å². The third-order valence-electron chi connectivity index (χ3n) is 2.42. The Labute approximate surface area is 105 Å². The van der Waals surface area contributed by atoms with Gasteiger partial charge in [0.25, 0.3) is 5.91 Å². The van der Waals surface area contributed by atoms with Crippen LogP contribution in [0.3, 0.4) is 0 Å². The molecule has 0 aliphatic rings. The summed E-state index contributed by atoms with van der Waals surface area (Å²) in [6.45, 7) is 2.91. The van der Waals surface area contributed by atoms with Gasteiger partial charge in [-0.25, -0.2) is 4.39 Å². The molecular weight excluding hydrogens is 237 g/mol. The number of carbonyl (C=O) groups is 2. The summed E-state index contributed by atoms with van der Waals surface area (Å²) < 4.78 is 18.5. The quantitative estimate of drug-likeness (QED) is 0.770. The van der Waals surface area contributed by atoms with Crippen LogP contribution in [-0.4, -0.2) is 36.8 Å². The van der Waals surface area contributed by atoms with E-state index in [9.17, 15) is 14.0 Å². The van der Waals surface area contributed by atoms with E-state index in [1.807, 2.05) is 0 Å². The maximum Gasteiger partial charge on any atom is 0.262 e. The Bertz CT molecular complexity index is 471. The van der Waals surface area contributed by atoms with Gasteiger partial charge in [-0.05, 0) is 26.0 Å². The van der Waals surface area contributed by atoms with E-state index in [0.717, 1.165) is 6.07 Å². The Balaban J connectivity index is 2.99. The van der Waals surface area contributed by atoms with Gasteiger partial charge >= 0.3 is 0 Å². The number of benzene rings is 1. The van der Waals surface area contributed by atoms with Crippen molar-refractivity contribution >= 4 is 11.7 Å². The molecule has 98 valence electrons. The third kappa shape index (κ3) is 3.29. The molecule has 1 aromatic carbocycles. The summed E-state index contributed by atoms with van der Waals surface area (Å²) in [5.41, 5.74) is 0.259. The van der Waals surface area contributed by atoms with Gasteiger partial charge in [0.2, 0.25) is 0 Å². The second kappa shape index (κ2) is 5.62. The second-order valence-corrected chi connectivity index (χ2v) is 4.19. The first-order chi connectivity index (χ1) is 8.32. The monoisotopic (exact) mass is 253 g/mol. The van der Waals surface area contributed by atoms with Crippen molar-refractivity contribution in [2.75, 3.05) is 14.1 Å². The van der Waals surface area contributed by atoms with E-state index in [-0.39, 0.29) is 23.0 Å². The molecule has 1 unspecified atom stereocenters. The molecule has 0 aromatic heterocycles. The molecule has 18 heavy (non-hydrogen) atoms. The number of carbonyl (C=O) groups excluding carboxylic acids is 2. The van der Waals surface area contributed by atoms with Crippen molar-refractivity contribution in [3.8, 4) is 5.75 Å². The first-order valence-electron chi connectivity index (χ1n) is 5.51. The van der Waals surface area contributed by atoms with Gasteiger partial charge in [0.1, 0.15) is 11.6 Å². The summed E-state index contributed by atoms with van der Waals surface area (Å²) in [5, 5.41) is 0. The van der Waals surface area contributed by atoms with E-state index in [4.69, 9.17) is 4.74 Å². The minimum atomic E-state index is -0.778. The number of rotatable bonds is 4. The molecule has 1 amide bonds. The van der Waals surface area contributed by atoms with Crippen LogP contribution in [0, 0.1) is 5.82 Å². The number of hydrogen-bond donors (Lipinski definition) is 0. The lowest BCUT2D eigenvalue weighted by atomic mass is 10.1. The minimum absolute atomic E-state index is 0.0881. The molecule has 0 saturated carbocycles. The minimum Gasteiger partial charge on any atom is -0.480 e. The highest BCUT2D eigenvalue weighted by atomic mass is 19.1. The standard InChI is InChI=1S/C13H16FNO3/c1-8(16)11-6-5-10(14)7-12(11)18-9(2)13(17)15(3)4/h5-7,9H,1-4H3. The van der Waals surface area contributed by atoms with Crippen LogP contribution < -0.4 is 4.74 Å². The van der Waals surface area contributed by atoms with Crippen molar-refractivity contribution in [3.05, 3.63) is 29.6 Å². The van der Waals surface area contributed by atoms with E-state index >= 15 is 0 Å². The molecule has 1 aromatic rings. The van der Waals surface area contributed by atoms with Crippen LogP contribution in [-0.2, 0) is 4.79 Å². The summed E-state index contributed by atoms with van der Waals surface area (Å²) in [4.78, 5) is 24.4. The number of ether oxygens (including phenoxy) is 1. The van der Waals surface area contributed by atoms with Gasteiger partial charge in [-0.3, -0.25) is 9.59 Å². The van der Waals surface area contributed by atoms with Gasteiger partial charge in [0.15, 0.2) is 11.9 Å². The van der Waals surface area contributed by atoms with Gasteiger partial charge in [-0.15, -0.1) is 0 Å². The van der Waals surface area contributed by atoms with Gasteiger partial charge in [-0.2, -0.15) is 0 Å². The van der Waals surface area contributed by atoms with Crippen molar-refractivity contribution in [1.82, 2.24) is 4.90 Å². The SMILES string of the molecule is CC(=O)c1ccc(F)cc1OC(C)C(=O)N(C)C. The molecule has 1 rings (SSSR count). The molecule has 0 aliphatic heterocycles. The lowest BCUT2D eigenvalue weighted by Crippen LogP contribution is -2.35. The number of halogens is 1. The molecular formula is C13H16FNO3. The van der Waals surface area contributed by atoms with Crippen LogP contribution >= 0.6 is 0 Å². The van der Waals surface area contributed by atoms with Gasteiger partial charge in [0.05, 0.1) is 5.56 Å². The lowest BCUT2D eigenvalue weighted by Gasteiger charge is -2.19. The highest BCUT2D eigenvalue weighted by Gasteiger charge is 2.19. The summed E-state index contributed by atoms with van der Waals surface area (Å²) in [6, 6.07) is 3.64. The molecule has 0 radical (unpaired) electrons. The Hall–Kier alpha value is -1.91.